The van der Waals surface area contributed by atoms with Crippen LogP contribution < -0.4 is 4.74 Å². The van der Waals surface area contributed by atoms with Crippen LogP contribution in [-0.4, -0.2) is 77.5 Å². The Hall–Kier alpha value is -4.19. The molecule has 7 rings (SSSR count). The number of amides is 1. The number of alkyl halides is 2. The van der Waals surface area contributed by atoms with Crippen molar-refractivity contribution in [2.45, 2.75) is 63.8 Å². The van der Waals surface area contributed by atoms with Crippen LogP contribution in [-0.2, 0) is 10.3 Å². The first-order valence-corrected chi connectivity index (χ1v) is 15.2. The van der Waals surface area contributed by atoms with Gasteiger partial charge in [-0.05, 0) is 88.9 Å². The molecule has 5 heterocycles. The largest absolute Gasteiger partial charge is 0.482 e. The van der Waals surface area contributed by atoms with E-state index in [2.05, 4.69) is 36.4 Å². The number of pyridine rings is 1. The summed E-state index contributed by atoms with van der Waals surface area (Å²) in [5.41, 5.74) is 3.62. The molecule has 1 atom stereocenters. The van der Waals surface area contributed by atoms with E-state index in [4.69, 9.17) is 4.74 Å². The van der Waals surface area contributed by atoms with Crippen molar-refractivity contribution in [2.75, 3.05) is 26.2 Å². The number of imidazole rings is 1. The summed E-state index contributed by atoms with van der Waals surface area (Å²) in [6, 6.07) is 9.50. The molecule has 12 heteroatoms. The van der Waals surface area contributed by atoms with Gasteiger partial charge >= 0.3 is 6.55 Å². The summed E-state index contributed by atoms with van der Waals surface area (Å²) in [5, 5.41) is 9.30. The summed E-state index contributed by atoms with van der Waals surface area (Å²) < 4.78 is 37.1. The summed E-state index contributed by atoms with van der Waals surface area (Å²) in [5.74, 6) is 0.786. The molecule has 3 fully saturated rings. The van der Waals surface area contributed by atoms with Crippen molar-refractivity contribution in [3.05, 3.63) is 66.9 Å². The Kier molecular flexibility index (Phi) is 7.19. The normalized spacial score (nSPS) is 19.7. The molecule has 230 valence electrons. The molecule has 1 unspecified atom stereocenters. The van der Waals surface area contributed by atoms with Gasteiger partial charge in [0.05, 0.1) is 22.4 Å². The molecule has 44 heavy (non-hydrogen) atoms. The minimum absolute atomic E-state index is 0.00782. The van der Waals surface area contributed by atoms with Crippen molar-refractivity contribution in [1.29, 1.82) is 0 Å². The Morgan fingerprint density at radius 2 is 1.93 bits per heavy atom. The average molecular weight is 603 g/mol. The second-order valence-corrected chi connectivity index (χ2v) is 12.2. The predicted molar refractivity (Wildman–Crippen MR) is 160 cm³/mol. The summed E-state index contributed by atoms with van der Waals surface area (Å²) >= 11 is 0. The van der Waals surface area contributed by atoms with E-state index in [1.807, 2.05) is 36.9 Å². The van der Waals surface area contributed by atoms with E-state index < -0.39 is 12.7 Å². The zero-order valence-corrected chi connectivity index (χ0v) is 24.9. The van der Waals surface area contributed by atoms with Gasteiger partial charge in [0.25, 0.3) is 0 Å². The van der Waals surface area contributed by atoms with Gasteiger partial charge in [0.2, 0.25) is 5.91 Å². The maximum Gasteiger partial charge on any atom is 0.320 e. The molecule has 10 nitrogen and oxygen atoms in total. The van der Waals surface area contributed by atoms with Crippen LogP contribution in [0.25, 0.3) is 22.3 Å². The van der Waals surface area contributed by atoms with Crippen LogP contribution in [0.2, 0.25) is 0 Å². The fraction of sp³-hybridized carbons (Fsp3) is 0.469. The molecule has 2 saturated heterocycles. The van der Waals surface area contributed by atoms with Crippen molar-refractivity contribution >= 4 is 16.9 Å². The first kappa shape index (κ1) is 28.6. The quantitative estimate of drug-likeness (QED) is 0.245. The van der Waals surface area contributed by atoms with Crippen LogP contribution in [0, 0.1) is 12.8 Å². The minimum Gasteiger partial charge on any atom is -0.482 e. The van der Waals surface area contributed by atoms with Crippen molar-refractivity contribution in [3.63, 3.8) is 0 Å². The number of likely N-dealkylation sites (tertiary alicyclic amines) is 2. The van der Waals surface area contributed by atoms with Crippen molar-refractivity contribution < 1.29 is 18.3 Å². The van der Waals surface area contributed by atoms with E-state index in [-0.39, 0.29) is 17.0 Å². The molecule has 3 aliphatic rings. The lowest BCUT2D eigenvalue weighted by Gasteiger charge is -2.48. The van der Waals surface area contributed by atoms with E-state index in [9.17, 15) is 13.6 Å². The zero-order valence-electron chi connectivity index (χ0n) is 24.9. The minimum atomic E-state index is -2.76. The Bertz CT molecular complexity index is 1680. The lowest BCUT2D eigenvalue weighted by atomic mass is 9.86. The number of hydrogen-bond donors (Lipinski definition) is 0. The van der Waals surface area contributed by atoms with Gasteiger partial charge in [-0.2, -0.15) is 8.78 Å². The van der Waals surface area contributed by atoms with Crippen LogP contribution in [0.3, 0.4) is 0 Å². The second-order valence-electron chi connectivity index (χ2n) is 12.2. The average Bonchev–Trinajstić information content (AvgIpc) is 3.53. The maximum atomic E-state index is 13.9. The highest BCUT2D eigenvalue weighted by Gasteiger charge is 2.54. The fourth-order valence-corrected chi connectivity index (χ4v) is 7.11. The van der Waals surface area contributed by atoms with E-state index in [0.717, 1.165) is 74.0 Å². The molecule has 1 saturated carbocycles. The third kappa shape index (κ3) is 4.85. The third-order valence-corrected chi connectivity index (χ3v) is 9.76. The summed E-state index contributed by atoms with van der Waals surface area (Å²) in [6.45, 7) is 8.27. The first-order valence-electron chi connectivity index (χ1n) is 15.2. The third-order valence-electron chi connectivity index (χ3n) is 9.76. The molecule has 1 aliphatic carbocycles. The number of ether oxygens (including phenoxy) is 1. The van der Waals surface area contributed by atoms with Crippen LogP contribution in [0.5, 0.6) is 5.75 Å². The lowest BCUT2D eigenvalue weighted by molar-refractivity contribution is -0.133. The molecule has 4 aromatic rings. The number of benzene rings is 1. The van der Waals surface area contributed by atoms with E-state index in [0.29, 0.717) is 34.6 Å². The number of fused-ring (bicyclic) bond motifs is 1. The number of halogens is 2. The molecule has 1 aromatic carbocycles. The van der Waals surface area contributed by atoms with Gasteiger partial charge in [0, 0.05) is 30.9 Å². The monoisotopic (exact) mass is 602 g/mol. The standard InChI is InChI=1S/C32H36F2N8O2/c1-4-28(43)40-17-24(18-40)39-13-8-23(9-14-39)32(10-11-32)42-20(2)29(37-38-42)22-15-26-30(41(19-36-26)31(33)34)27(16-22)44-21(3)25-7-5-6-12-35-25/h4-7,12,15-16,19,21,23-24,31H,1,8-11,13-14,17-18H2,2-3H3. The smallest absolute Gasteiger partial charge is 0.320 e. The fourth-order valence-electron chi connectivity index (χ4n) is 7.11. The highest BCUT2D eigenvalue weighted by molar-refractivity contribution is 5.88. The Morgan fingerprint density at radius 3 is 2.59 bits per heavy atom. The molecular weight excluding hydrogens is 566 g/mol. The molecule has 0 radical (unpaired) electrons. The van der Waals surface area contributed by atoms with E-state index in [1.165, 1.54) is 6.08 Å². The topological polar surface area (TPSA) is 94.2 Å². The molecule has 2 aliphatic heterocycles. The van der Waals surface area contributed by atoms with Gasteiger partial charge in [-0.1, -0.05) is 17.9 Å². The Labute approximate surface area is 254 Å². The number of rotatable bonds is 9. The summed E-state index contributed by atoms with van der Waals surface area (Å²) in [7, 11) is 0. The number of nitrogens with zero attached hydrogens (tertiary/aromatic N) is 8. The highest BCUT2D eigenvalue weighted by atomic mass is 19.3. The van der Waals surface area contributed by atoms with Crippen LogP contribution in [0.15, 0.2) is 55.5 Å². The zero-order chi connectivity index (χ0) is 30.6. The van der Waals surface area contributed by atoms with Gasteiger partial charge in [0.15, 0.2) is 0 Å². The molecule has 0 spiro atoms. The Balaban J connectivity index is 1.13. The molecule has 1 amide bonds. The van der Waals surface area contributed by atoms with Crippen LogP contribution >= 0.6 is 0 Å². The maximum absolute atomic E-state index is 13.9. The van der Waals surface area contributed by atoms with Gasteiger partial charge < -0.3 is 9.64 Å². The molecule has 0 N–H and O–H groups in total. The molecule has 0 bridgehead atoms. The number of aromatic nitrogens is 6. The summed E-state index contributed by atoms with van der Waals surface area (Å²) in [4.78, 5) is 24.9. The summed E-state index contributed by atoms with van der Waals surface area (Å²) in [6.07, 6.45) is 7.99. The predicted octanol–water partition coefficient (Wildman–Crippen LogP) is 5.13. The van der Waals surface area contributed by atoms with E-state index in [1.54, 1.807) is 18.3 Å². The van der Waals surface area contributed by atoms with E-state index >= 15 is 0 Å². The number of carbonyl (C=O) groups is 1. The first-order chi connectivity index (χ1) is 21.3. The van der Waals surface area contributed by atoms with Gasteiger partial charge in [-0.25, -0.2) is 9.67 Å². The number of piperidine rings is 1. The van der Waals surface area contributed by atoms with Crippen molar-refractivity contribution in [3.8, 4) is 17.0 Å². The van der Waals surface area contributed by atoms with Crippen LogP contribution in [0.1, 0.15) is 56.6 Å². The van der Waals surface area contributed by atoms with Crippen molar-refractivity contribution in [1.82, 2.24) is 39.3 Å². The number of hydrogen-bond acceptors (Lipinski definition) is 7. The van der Waals surface area contributed by atoms with Crippen molar-refractivity contribution in [2.24, 2.45) is 5.92 Å². The van der Waals surface area contributed by atoms with Gasteiger partial charge in [-0.3, -0.25) is 19.2 Å². The lowest BCUT2D eigenvalue weighted by Crippen LogP contribution is -2.62. The highest BCUT2D eigenvalue weighted by Crippen LogP contribution is 2.54. The number of carbonyl (C=O) groups excluding carboxylic acids is 1. The van der Waals surface area contributed by atoms with Crippen LogP contribution in [0.4, 0.5) is 8.78 Å². The molecule has 3 aromatic heterocycles. The Morgan fingerprint density at radius 1 is 1.16 bits per heavy atom. The van der Waals surface area contributed by atoms with Gasteiger partial charge in [0.1, 0.15) is 29.4 Å². The second kappa shape index (κ2) is 11.1. The van der Waals surface area contributed by atoms with Gasteiger partial charge in [-0.15, -0.1) is 5.10 Å². The molecular formula is C32H36F2N8O2. The SMILES string of the molecule is C=CC(=O)N1CC(N2CCC(C3(n4nnc(-c5cc(OC(C)c6ccccn6)c6c(c5)ncn6C(F)F)c4C)CC3)CC2)C1.